The minimum absolute atomic E-state index is 0.116. The van der Waals surface area contributed by atoms with Gasteiger partial charge in [0, 0.05) is 29.9 Å². The molecule has 38 heavy (non-hydrogen) atoms. The van der Waals surface area contributed by atoms with Gasteiger partial charge in [-0.1, -0.05) is 60.7 Å². The van der Waals surface area contributed by atoms with Crippen molar-refractivity contribution < 1.29 is 28.3 Å². The Morgan fingerprint density at radius 1 is 0.868 bits per heavy atom. The van der Waals surface area contributed by atoms with Crippen LogP contribution < -0.4 is 10.1 Å². The molecule has 6 rings (SSSR count). The molecule has 7 nitrogen and oxygen atoms in total. The van der Waals surface area contributed by atoms with Crippen molar-refractivity contribution in [2.75, 3.05) is 33.3 Å². The summed E-state index contributed by atoms with van der Waals surface area (Å²) in [7, 11) is 1.56. The largest absolute Gasteiger partial charge is 0.497 e. The van der Waals surface area contributed by atoms with Gasteiger partial charge in [0.25, 0.3) is 5.91 Å². The molecule has 1 N–H and O–H groups in total. The number of ether oxygens (including phenoxy) is 2. The Morgan fingerprint density at radius 2 is 1.50 bits per heavy atom. The third kappa shape index (κ3) is 5.63. The van der Waals surface area contributed by atoms with Crippen molar-refractivity contribution >= 4 is 17.7 Å². The maximum atomic E-state index is 13.6. The van der Waals surface area contributed by atoms with Crippen molar-refractivity contribution in [2.45, 2.75) is 25.0 Å². The summed E-state index contributed by atoms with van der Waals surface area (Å²) < 4.78 is 11.9. The lowest BCUT2D eigenvalue weighted by atomic mass is 9.82. The Morgan fingerprint density at radius 3 is 2.13 bits per heavy atom. The van der Waals surface area contributed by atoms with Crippen LogP contribution in [0.5, 0.6) is 5.75 Å². The van der Waals surface area contributed by atoms with E-state index in [1.807, 2.05) is 60.7 Å². The van der Waals surface area contributed by atoms with Crippen molar-refractivity contribution in [3.8, 4) is 5.75 Å². The quantitative estimate of drug-likeness (QED) is 0.264. The summed E-state index contributed by atoms with van der Waals surface area (Å²) in [5.74, 6) is 0.170. The van der Waals surface area contributed by atoms with E-state index in [4.69, 9.17) is 9.47 Å². The maximum Gasteiger partial charge on any atom is 0.333 e. The Hall–Kier alpha value is -3.97. The first kappa shape index (κ1) is 25.7. The van der Waals surface area contributed by atoms with Crippen LogP contribution in [0.25, 0.3) is 0 Å². The summed E-state index contributed by atoms with van der Waals surface area (Å²) >= 11 is 0. The highest BCUT2D eigenvalue weighted by Crippen LogP contribution is 2.36. The van der Waals surface area contributed by atoms with Crippen molar-refractivity contribution in [2.24, 2.45) is 5.92 Å². The Balaban J connectivity index is 1.30. The number of rotatable bonds is 9. The molecule has 2 bridgehead atoms. The van der Waals surface area contributed by atoms with E-state index in [0.717, 1.165) is 25.9 Å². The van der Waals surface area contributed by atoms with E-state index in [9.17, 15) is 14.4 Å². The minimum atomic E-state index is -0.944. The first-order chi connectivity index (χ1) is 18.5. The molecular formula is C31H33N2O5+. The van der Waals surface area contributed by atoms with E-state index in [-0.39, 0.29) is 23.7 Å². The van der Waals surface area contributed by atoms with Gasteiger partial charge in [-0.05, 0) is 29.8 Å². The number of esters is 1. The summed E-state index contributed by atoms with van der Waals surface area (Å²) in [4.78, 5) is 39.7. The van der Waals surface area contributed by atoms with Crippen LogP contribution in [0.2, 0.25) is 0 Å². The number of ketones is 1. The van der Waals surface area contributed by atoms with E-state index in [2.05, 4.69) is 5.32 Å². The zero-order chi connectivity index (χ0) is 26.5. The SMILES string of the molecule is COc1ccc(C(=O)NC(C(=O)O[C@H]2C[N+]3(CC(=O)c4ccccc4)CCC2CC3)c2ccccc2)cc1. The highest BCUT2D eigenvalue weighted by molar-refractivity contribution is 5.97. The molecule has 0 spiro atoms. The molecule has 0 radical (unpaired) electrons. The number of quaternary nitrogens is 1. The van der Waals surface area contributed by atoms with Crippen molar-refractivity contribution in [1.82, 2.24) is 5.32 Å². The Bertz CT molecular complexity index is 1270. The number of hydrogen-bond donors (Lipinski definition) is 1. The first-order valence-electron chi connectivity index (χ1n) is 13.1. The van der Waals surface area contributed by atoms with Crippen molar-refractivity contribution in [1.29, 1.82) is 0 Å². The summed E-state index contributed by atoms with van der Waals surface area (Å²) in [6.07, 6.45) is 1.53. The summed E-state index contributed by atoms with van der Waals surface area (Å²) in [5, 5.41) is 2.87. The van der Waals surface area contributed by atoms with Gasteiger partial charge in [-0.25, -0.2) is 4.79 Å². The number of benzene rings is 3. The van der Waals surface area contributed by atoms with Crippen LogP contribution in [0.15, 0.2) is 84.9 Å². The molecule has 0 aromatic heterocycles. The van der Waals surface area contributed by atoms with Gasteiger partial charge in [-0.15, -0.1) is 0 Å². The molecule has 3 fully saturated rings. The number of Topliss-reactive ketones (excluding diaryl/α,β-unsaturated/α-hetero) is 1. The summed E-state index contributed by atoms with van der Waals surface area (Å²) in [6.45, 7) is 2.84. The van der Waals surface area contributed by atoms with Crippen LogP contribution in [0, 0.1) is 5.92 Å². The fraction of sp³-hybridized carbons (Fsp3) is 0.323. The summed E-state index contributed by atoms with van der Waals surface area (Å²) in [6, 6.07) is 24.3. The molecule has 3 aromatic carbocycles. The van der Waals surface area contributed by atoms with Crippen molar-refractivity contribution in [3.05, 3.63) is 102 Å². The standard InChI is InChI=1S/C31H32N2O5/c1-37-26-14-12-25(13-15-26)30(35)32-29(24-10-6-3-7-11-24)31(36)38-28-21-33(18-16-23(28)17-19-33)20-27(34)22-8-4-2-5-9-22/h2-15,23,28-29H,16-21H2,1H3/p+1/t23?,28-,29?,33?/m0/s1. The van der Waals surface area contributed by atoms with Crippen LogP contribution in [0.4, 0.5) is 0 Å². The number of carbonyl (C=O) groups is 3. The normalized spacial score (nSPS) is 22.8. The second kappa shape index (κ2) is 11.2. The second-order valence-corrected chi connectivity index (χ2v) is 10.3. The van der Waals surface area contributed by atoms with E-state index >= 15 is 0 Å². The van der Waals surface area contributed by atoms with E-state index < -0.39 is 12.0 Å². The molecule has 0 saturated carbocycles. The number of carbonyl (C=O) groups excluding carboxylic acids is 3. The first-order valence-corrected chi connectivity index (χ1v) is 13.1. The smallest absolute Gasteiger partial charge is 0.333 e. The molecule has 1 unspecified atom stereocenters. The van der Waals surface area contributed by atoms with Crippen LogP contribution in [0.1, 0.15) is 45.2 Å². The Kier molecular flexibility index (Phi) is 7.56. The fourth-order valence-corrected chi connectivity index (χ4v) is 5.69. The predicted molar refractivity (Wildman–Crippen MR) is 143 cm³/mol. The topological polar surface area (TPSA) is 81.7 Å². The highest BCUT2D eigenvalue weighted by Gasteiger charge is 2.49. The average molecular weight is 514 g/mol. The molecular weight excluding hydrogens is 480 g/mol. The van der Waals surface area contributed by atoms with E-state index in [0.29, 0.717) is 40.0 Å². The molecule has 3 aliphatic heterocycles. The van der Waals surface area contributed by atoms with Crippen LogP contribution >= 0.6 is 0 Å². The number of amides is 1. The maximum absolute atomic E-state index is 13.6. The van der Waals surface area contributed by atoms with Gasteiger partial charge in [0.15, 0.2) is 12.1 Å². The third-order valence-electron chi connectivity index (χ3n) is 7.88. The number of fused-ring (bicyclic) bond motifs is 3. The van der Waals surface area contributed by atoms with Crippen LogP contribution in [-0.4, -0.2) is 61.5 Å². The van der Waals surface area contributed by atoms with Gasteiger partial charge >= 0.3 is 5.97 Å². The minimum Gasteiger partial charge on any atom is -0.497 e. The molecule has 3 aliphatic rings. The number of piperidine rings is 3. The third-order valence-corrected chi connectivity index (χ3v) is 7.88. The number of methoxy groups -OCH3 is 1. The van der Waals surface area contributed by atoms with Crippen molar-refractivity contribution in [3.63, 3.8) is 0 Å². The summed E-state index contributed by atoms with van der Waals surface area (Å²) in [5.41, 5.74) is 1.79. The molecule has 7 heteroatoms. The number of hydrogen-bond acceptors (Lipinski definition) is 5. The lowest BCUT2D eigenvalue weighted by molar-refractivity contribution is -0.938. The van der Waals surface area contributed by atoms with Gasteiger partial charge in [0.2, 0.25) is 5.78 Å². The second-order valence-electron chi connectivity index (χ2n) is 10.3. The Labute approximate surface area is 223 Å². The molecule has 3 aromatic rings. The number of nitrogens with zero attached hydrogens (tertiary/aromatic N) is 1. The molecule has 2 atom stereocenters. The zero-order valence-electron chi connectivity index (χ0n) is 21.5. The molecule has 3 heterocycles. The van der Waals surface area contributed by atoms with Gasteiger partial charge in [-0.2, -0.15) is 0 Å². The van der Waals surface area contributed by atoms with E-state index in [1.165, 1.54) is 0 Å². The fourth-order valence-electron chi connectivity index (χ4n) is 5.69. The average Bonchev–Trinajstić information content (AvgIpc) is 2.97. The van der Waals surface area contributed by atoms with Gasteiger partial charge in [0.1, 0.15) is 18.8 Å². The lowest BCUT2D eigenvalue weighted by Gasteiger charge is -2.51. The lowest BCUT2D eigenvalue weighted by Crippen LogP contribution is -2.66. The zero-order valence-corrected chi connectivity index (χ0v) is 21.5. The highest BCUT2D eigenvalue weighted by atomic mass is 16.5. The predicted octanol–water partition coefficient (Wildman–Crippen LogP) is 4.20. The van der Waals surface area contributed by atoms with Gasteiger partial charge in [-0.3, -0.25) is 9.59 Å². The molecule has 1 amide bonds. The van der Waals surface area contributed by atoms with Crippen LogP contribution in [0.3, 0.4) is 0 Å². The molecule has 196 valence electrons. The molecule has 0 aliphatic carbocycles. The van der Waals surface area contributed by atoms with E-state index in [1.54, 1.807) is 31.4 Å². The number of nitrogens with one attached hydrogen (secondary N) is 1. The van der Waals surface area contributed by atoms with Gasteiger partial charge in [0.05, 0.1) is 20.2 Å². The van der Waals surface area contributed by atoms with Gasteiger partial charge < -0.3 is 19.3 Å². The van der Waals surface area contributed by atoms with Crippen LogP contribution in [-0.2, 0) is 9.53 Å². The molecule has 3 saturated heterocycles. The monoisotopic (exact) mass is 513 g/mol.